The highest BCUT2D eigenvalue weighted by molar-refractivity contribution is 5.64. The van der Waals surface area contributed by atoms with Crippen molar-refractivity contribution in [3.63, 3.8) is 0 Å². The number of amides is 1. The van der Waals surface area contributed by atoms with Crippen molar-refractivity contribution in [3.8, 4) is 0 Å². The van der Waals surface area contributed by atoms with E-state index in [0.29, 0.717) is 6.54 Å². The highest BCUT2D eigenvalue weighted by Crippen LogP contribution is 2.05. The monoisotopic (exact) mass is 172 g/mol. The van der Waals surface area contributed by atoms with Gasteiger partial charge < -0.3 is 5.11 Å². The highest BCUT2D eigenvalue weighted by atomic mass is 16.4. The Bertz CT molecular complexity index is 140. The minimum absolute atomic E-state index is 0.620. The second-order valence-electron chi connectivity index (χ2n) is 3.11. The summed E-state index contributed by atoms with van der Waals surface area (Å²) in [6.45, 7) is 1.40. The summed E-state index contributed by atoms with van der Waals surface area (Å²) in [4.78, 5) is 10.6. The zero-order valence-electron chi connectivity index (χ0n) is 7.25. The van der Waals surface area contributed by atoms with Gasteiger partial charge in [-0.25, -0.2) is 15.2 Å². The molecule has 1 saturated heterocycles. The number of carboxylic acid groups (broad SMARTS) is 1. The Kier molecular flexibility index (Phi) is 3.87. The Morgan fingerprint density at radius 2 is 1.83 bits per heavy atom. The van der Waals surface area contributed by atoms with Crippen LogP contribution in [0.1, 0.15) is 32.1 Å². The van der Waals surface area contributed by atoms with E-state index in [2.05, 4.69) is 5.43 Å². The molecule has 12 heavy (non-hydrogen) atoms. The smallest absolute Gasteiger partial charge is 0.421 e. The van der Waals surface area contributed by atoms with Gasteiger partial charge in [0.25, 0.3) is 0 Å². The third-order valence-corrected chi connectivity index (χ3v) is 2.09. The average Bonchev–Trinajstić information content (AvgIpc) is 2.15. The zero-order chi connectivity index (χ0) is 8.81. The molecule has 1 aliphatic heterocycles. The number of hydrazine groups is 1. The van der Waals surface area contributed by atoms with Gasteiger partial charge >= 0.3 is 6.09 Å². The van der Waals surface area contributed by atoms with E-state index in [0.717, 1.165) is 25.8 Å². The molecule has 0 aromatic heterocycles. The summed E-state index contributed by atoms with van der Waals surface area (Å²) in [6.07, 6.45) is 4.77. The molecular weight excluding hydrogens is 156 g/mol. The summed E-state index contributed by atoms with van der Waals surface area (Å²) in [5.74, 6) is 0. The predicted molar refractivity (Wildman–Crippen MR) is 45.8 cm³/mol. The van der Waals surface area contributed by atoms with Gasteiger partial charge in [-0.1, -0.05) is 19.3 Å². The quantitative estimate of drug-likeness (QED) is 0.581. The van der Waals surface area contributed by atoms with Crippen molar-refractivity contribution >= 4 is 6.09 Å². The van der Waals surface area contributed by atoms with Crippen LogP contribution in [-0.4, -0.2) is 29.3 Å². The van der Waals surface area contributed by atoms with E-state index >= 15 is 0 Å². The molecule has 0 aliphatic carbocycles. The maximum Gasteiger partial charge on any atom is 0.421 e. The molecule has 0 aromatic carbocycles. The minimum atomic E-state index is -0.864. The second kappa shape index (κ2) is 4.98. The van der Waals surface area contributed by atoms with Crippen LogP contribution < -0.4 is 5.43 Å². The lowest BCUT2D eigenvalue weighted by atomic mass is 10.1. The van der Waals surface area contributed by atoms with Crippen LogP contribution in [-0.2, 0) is 0 Å². The Balaban J connectivity index is 2.33. The lowest BCUT2D eigenvalue weighted by Gasteiger charge is -2.18. The Labute approximate surface area is 72.5 Å². The molecule has 0 aromatic rings. The van der Waals surface area contributed by atoms with Gasteiger partial charge in [-0.15, -0.1) is 0 Å². The van der Waals surface area contributed by atoms with E-state index in [-0.39, 0.29) is 0 Å². The summed E-state index contributed by atoms with van der Waals surface area (Å²) < 4.78 is 0. The first kappa shape index (κ1) is 9.32. The summed E-state index contributed by atoms with van der Waals surface area (Å²) >= 11 is 0. The van der Waals surface area contributed by atoms with Crippen LogP contribution in [0.2, 0.25) is 0 Å². The Hall–Kier alpha value is -0.770. The Morgan fingerprint density at radius 1 is 1.17 bits per heavy atom. The molecule has 0 bridgehead atoms. The van der Waals surface area contributed by atoms with Crippen molar-refractivity contribution in [1.82, 2.24) is 10.4 Å². The van der Waals surface area contributed by atoms with Crippen molar-refractivity contribution in [2.24, 2.45) is 0 Å². The highest BCUT2D eigenvalue weighted by Gasteiger charge is 2.10. The standard InChI is InChI=1S/C8H16N2O2/c11-8(12)10-7-5-3-1-2-4-6-9-10/h9H,1-7H2,(H,11,12). The van der Waals surface area contributed by atoms with Crippen molar-refractivity contribution in [2.45, 2.75) is 32.1 Å². The van der Waals surface area contributed by atoms with Crippen LogP contribution in [0.25, 0.3) is 0 Å². The van der Waals surface area contributed by atoms with Gasteiger partial charge in [-0.05, 0) is 12.8 Å². The molecule has 0 radical (unpaired) electrons. The van der Waals surface area contributed by atoms with Crippen LogP contribution in [0.5, 0.6) is 0 Å². The van der Waals surface area contributed by atoms with Crippen molar-refractivity contribution < 1.29 is 9.90 Å². The fourth-order valence-electron chi connectivity index (χ4n) is 1.38. The van der Waals surface area contributed by atoms with E-state index in [1.807, 2.05) is 0 Å². The molecule has 1 heterocycles. The number of hydrogen-bond acceptors (Lipinski definition) is 2. The largest absolute Gasteiger partial charge is 0.464 e. The molecule has 4 heteroatoms. The van der Waals surface area contributed by atoms with Crippen LogP contribution in [0.15, 0.2) is 0 Å². The van der Waals surface area contributed by atoms with E-state index in [1.165, 1.54) is 17.9 Å². The summed E-state index contributed by atoms with van der Waals surface area (Å²) in [6, 6.07) is 0. The Morgan fingerprint density at radius 3 is 2.58 bits per heavy atom. The summed E-state index contributed by atoms with van der Waals surface area (Å²) in [7, 11) is 0. The maximum absolute atomic E-state index is 10.6. The molecule has 4 nitrogen and oxygen atoms in total. The summed E-state index contributed by atoms with van der Waals surface area (Å²) in [5, 5.41) is 10.0. The predicted octanol–water partition coefficient (Wildman–Crippen LogP) is 1.44. The van der Waals surface area contributed by atoms with Gasteiger partial charge in [-0.2, -0.15) is 0 Å². The van der Waals surface area contributed by atoms with Crippen LogP contribution >= 0.6 is 0 Å². The van der Waals surface area contributed by atoms with E-state index in [1.54, 1.807) is 0 Å². The van der Waals surface area contributed by atoms with E-state index in [9.17, 15) is 4.79 Å². The molecule has 0 atom stereocenters. The van der Waals surface area contributed by atoms with Crippen molar-refractivity contribution in [1.29, 1.82) is 0 Å². The van der Waals surface area contributed by atoms with Crippen molar-refractivity contribution in [3.05, 3.63) is 0 Å². The third-order valence-electron chi connectivity index (χ3n) is 2.09. The molecule has 2 N–H and O–H groups in total. The number of nitrogens with one attached hydrogen (secondary N) is 1. The normalized spacial score (nSPS) is 20.8. The molecule has 0 spiro atoms. The molecule has 0 saturated carbocycles. The fraction of sp³-hybridized carbons (Fsp3) is 0.875. The lowest BCUT2D eigenvalue weighted by molar-refractivity contribution is 0.120. The number of nitrogens with zero attached hydrogens (tertiary/aromatic N) is 1. The number of carbonyl (C=O) groups is 1. The van der Waals surface area contributed by atoms with Crippen molar-refractivity contribution in [2.75, 3.05) is 13.1 Å². The first-order chi connectivity index (χ1) is 5.80. The van der Waals surface area contributed by atoms with Crippen LogP contribution in [0, 0.1) is 0 Å². The topological polar surface area (TPSA) is 52.6 Å². The first-order valence-electron chi connectivity index (χ1n) is 4.54. The van der Waals surface area contributed by atoms with Gasteiger partial charge in [0, 0.05) is 13.1 Å². The fourth-order valence-corrected chi connectivity index (χ4v) is 1.38. The second-order valence-corrected chi connectivity index (χ2v) is 3.11. The molecular formula is C8H16N2O2. The first-order valence-corrected chi connectivity index (χ1v) is 4.54. The minimum Gasteiger partial charge on any atom is -0.464 e. The van der Waals surface area contributed by atoms with Gasteiger partial charge in [0.2, 0.25) is 0 Å². The summed E-state index contributed by atoms with van der Waals surface area (Å²) in [5.41, 5.74) is 2.89. The van der Waals surface area contributed by atoms with Gasteiger partial charge in [0.15, 0.2) is 0 Å². The molecule has 0 unspecified atom stereocenters. The van der Waals surface area contributed by atoms with Crippen LogP contribution in [0.3, 0.4) is 0 Å². The maximum atomic E-state index is 10.6. The molecule has 1 aliphatic rings. The lowest BCUT2D eigenvalue weighted by Crippen LogP contribution is -2.42. The molecule has 1 rings (SSSR count). The van der Waals surface area contributed by atoms with E-state index in [4.69, 9.17) is 5.11 Å². The third kappa shape index (κ3) is 3.09. The average molecular weight is 172 g/mol. The number of rotatable bonds is 0. The number of hydrogen-bond donors (Lipinski definition) is 2. The van der Waals surface area contributed by atoms with Gasteiger partial charge in [0.05, 0.1) is 0 Å². The van der Waals surface area contributed by atoms with E-state index < -0.39 is 6.09 Å². The zero-order valence-corrected chi connectivity index (χ0v) is 7.25. The molecule has 70 valence electrons. The van der Waals surface area contributed by atoms with Gasteiger partial charge in [0.1, 0.15) is 0 Å². The molecule has 1 amide bonds. The van der Waals surface area contributed by atoms with Gasteiger partial charge in [-0.3, -0.25) is 0 Å². The van der Waals surface area contributed by atoms with Crippen LogP contribution in [0.4, 0.5) is 4.79 Å². The SMILES string of the molecule is O=C(O)N1CCCCCCCN1. The molecule has 1 fully saturated rings.